The molecule has 0 spiro atoms. The van der Waals surface area contributed by atoms with E-state index < -0.39 is 6.61 Å². The summed E-state index contributed by atoms with van der Waals surface area (Å²) >= 11 is 0. The van der Waals surface area contributed by atoms with Gasteiger partial charge in [-0.15, -0.1) is 0 Å². The van der Waals surface area contributed by atoms with Gasteiger partial charge in [0, 0.05) is 24.7 Å². The van der Waals surface area contributed by atoms with E-state index in [4.69, 9.17) is 9.47 Å². The van der Waals surface area contributed by atoms with Gasteiger partial charge in [-0.1, -0.05) is 13.8 Å². The topological polar surface area (TPSA) is 67.4 Å². The third-order valence-corrected chi connectivity index (χ3v) is 4.36. The van der Waals surface area contributed by atoms with E-state index in [0.29, 0.717) is 29.6 Å². The highest BCUT2D eigenvalue weighted by atomic mass is 19.3. The molecule has 0 atom stereocenters. The highest BCUT2D eigenvalue weighted by molar-refractivity contribution is 5.79. The van der Waals surface area contributed by atoms with E-state index in [-0.39, 0.29) is 19.1 Å². The standard InChI is InChI=1S/C19H30F2N4O3/c1-4-22-19(23-8-7-9-25(5-2)6-3)24-12-14-10-16-17(27-13-26-16)11-15(14)28-18(20)21/h10-11,18H,4-9,12-13H2,1-3H3,(H2,22,23,24). The van der Waals surface area contributed by atoms with E-state index in [1.54, 1.807) is 6.07 Å². The van der Waals surface area contributed by atoms with Crippen LogP contribution in [0, 0.1) is 0 Å². The van der Waals surface area contributed by atoms with Crippen LogP contribution in [0.15, 0.2) is 17.1 Å². The van der Waals surface area contributed by atoms with Gasteiger partial charge in [-0.25, -0.2) is 4.99 Å². The molecule has 158 valence electrons. The van der Waals surface area contributed by atoms with Gasteiger partial charge in [0.05, 0.1) is 6.54 Å². The van der Waals surface area contributed by atoms with Gasteiger partial charge in [0.15, 0.2) is 17.5 Å². The molecule has 0 fully saturated rings. The Morgan fingerprint density at radius 2 is 1.89 bits per heavy atom. The molecule has 1 aliphatic heterocycles. The first-order valence-electron chi connectivity index (χ1n) is 9.69. The molecular formula is C19H30F2N4O3. The molecule has 1 aromatic rings. The van der Waals surface area contributed by atoms with Gasteiger partial charge in [0.1, 0.15) is 5.75 Å². The second-order valence-electron chi connectivity index (χ2n) is 6.19. The zero-order valence-electron chi connectivity index (χ0n) is 16.8. The van der Waals surface area contributed by atoms with Gasteiger partial charge < -0.3 is 29.7 Å². The molecular weight excluding hydrogens is 370 g/mol. The van der Waals surface area contributed by atoms with Gasteiger partial charge in [0.25, 0.3) is 0 Å². The third-order valence-electron chi connectivity index (χ3n) is 4.36. The fraction of sp³-hybridized carbons (Fsp3) is 0.632. The molecule has 1 aliphatic rings. The van der Waals surface area contributed by atoms with E-state index in [0.717, 1.165) is 32.6 Å². The van der Waals surface area contributed by atoms with Crippen molar-refractivity contribution in [1.29, 1.82) is 0 Å². The third kappa shape index (κ3) is 6.70. The molecule has 0 radical (unpaired) electrons. The summed E-state index contributed by atoms with van der Waals surface area (Å²) in [5.41, 5.74) is 0.505. The highest BCUT2D eigenvalue weighted by Gasteiger charge is 2.20. The number of alkyl halides is 2. The Labute approximate surface area is 165 Å². The first kappa shape index (κ1) is 22.0. The van der Waals surface area contributed by atoms with Gasteiger partial charge in [-0.05, 0) is 39.0 Å². The lowest BCUT2D eigenvalue weighted by molar-refractivity contribution is -0.0505. The monoisotopic (exact) mass is 400 g/mol. The number of hydrogen-bond donors (Lipinski definition) is 2. The number of rotatable bonds is 11. The summed E-state index contributed by atoms with van der Waals surface area (Å²) < 4.78 is 40.7. The zero-order chi connectivity index (χ0) is 20.4. The van der Waals surface area contributed by atoms with Crippen LogP contribution in [0.2, 0.25) is 0 Å². The largest absolute Gasteiger partial charge is 0.454 e. The number of fused-ring (bicyclic) bond motifs is 1. The van der Waals surface area contributed by atoms with Crippen molar-refractivity contribution >= 4 is 5.96 Å². The van der Waals surface area contributed by atoms with E-state index in [2.05, 4.69) is 39.1 Å². The lowest BCUT2D eigenvalue weighted by Gasteiger charge is -2.18. The summed E-state index contributed by atoms with van der Waals surface area (Å²) in [6, 6.07) is 3.05. The predicted octanol–water partition coefficient (Wildman–Crippen LogP) is 2.80. The molecule has 0 bridgehead atoms. The molecule has 1 aromatic carbocycles. The maximum atomic E-state index is 12.7. The minimum absolute atomic E-state index is 0.0420. The maximum absolute atomic E-state index is 12.7. The average molecular weight is 400 g/mol. The smallest absolute Gasteiger partial charge is 0.387 e. The number of aliphatic imine (C=N–C) groups is 1. The van der Waals surface area contributed by atoms with Crippen LogP contribution in [0.5, 0.6) is 17.2 Å². The average Bonchev–Trinajstić information content (AvgIpc) is 3.12. The fourth-order valence-corrected chi connectivity index (χ4v) is 2.85. The zero-order valence-corrected chi connectivity index (χ0v) is 16.8. The number of nitrogens with one attached hydrogen (secondary N) is 2. The maximum Gasteiger partial charge on any atom is 0.387 e. The van der Waals surface area contributed by atoms with Crippen LogP contribution in [0.4, 0.5) is 8.78 Å². The summed E-state index contributed by atoms with van der Waals surface area (Å²) in [6.07, 6.45) is 0.982. The minimum Gasteiger partial charge on any atom is -0.454 e. The molecule has 7 nitrogen and oxygen atoms in total. The lowest BCUT2D eigenvalue weighted by Crippen LogP contribution is -2.38. The first-order chi connectivity index (χ1) is 13.6. The van der Waals surface area contributed by atoms with E-state index in [1.807, 2.05) is 6.92 Å². The quantitative estimate of drug-likeness (QED) is 0.338. The molecule has 1 heterocycles. The molecule has 0 saturated carbocycles. The van der Waals surface area contributed by atoms with Crippen molar-refractivity contribution in [2.75, 3.05) is 39.5 Å². The van der Waals surface area contributed by atoms with Crippen LogP contribution >= 0.6 is 0 Å². The summed E-state index contributed by atoms with van der Waals surface area (Å²) in [7, 11) is 0. The molecule has 2 N–H and O–H groups in total. The summed E-state index contributed by atoms with van der Waals surface area (Å²) in [6.45, 7) is 8.11. The number of nitrogens with zero attached hydrogens (tertiary/aromatic N) is 2. The molecule has 9 heteroatoms. The Morgan fingerprint density at radius 1 is 1.18 bits per heavy atom. The predicted molar refractivity (Wildman–Crippen MR) is 104 cm³/mol. The molecule has 0 unspecified atom stereocenters. The van der Waals surface area contributed by atoms with Crippen molar-refractivity contribution in [2.24, 2.45) is 4.99 Å². The molecule has 0 aromatic heterocycles. The van der Waals surface area contributed by atoms with Crippen molar-refractivity contribution in [3.05, 3.63) is 17.7 Å². The van der Waals surface area contributed by atoms with E-state index in [1.165, 1.54) is 6.07 Å². The normalized spacial score (nSPS) is 13.3. The van der Waals surface area contributed by atoms with E-state index in [9.17, 15) is 8.78 Å². The van der Waals surface area contributed by atoms with Crippen LogP contribution in [-0.2, 0) is 6.54 Å². The van der Waals surface area contributed by atoms with Crippen LogP contribution in [0.1, 0.15) is 32.8 Å². The van der Waals surface area contributed by atoms with Crippen LogP contribution < -0.4 is 24.8 Å². The van der Waals surface area contributed by atoms with Gasteiger partial charge in [0.2, 0.25) is 6.79 Å². The first-order valence-corrected chi connectivity index (χ1v) is 9.69. The van der Waals surface area contributed by atoms with Gasteiger partial charge in [-0.3, -0.25) is 0 Å². The Kier molecular flexibility index (Phi) is 9.06. The molecule has 2 rings (SSSR count). The second kappa shape index (κ2) is 11.5. The van der Waals surface area contributed by atoms with Crippen molar-refractivity contribution in [3.8, 4) is 17.2 Å². The van der Waals surface area contributed by atoms with Crippen molar-refractivity contribution in [3.63, 3.8) is 0 Å². The molecule has 28 heavy (non-hydrogen) atoms. The van der Waals surface area contributed by atoms with Crippen LogP contribution in [-0.4, -0.2) is 57.0 Å². The second-order valence-corrected chi connectivity index (χ2v) is 6.19. The van der Waals surface area contributed by atoms with Gasteiger partial charge in [-0.2, -0.15) is 8.78 Å². The molecule has 0 saturated heterocycles. The Morgan fingerprint density at radius 3 is 2.54 bits per heavy atom. The molecule has 0 aliphatic carbocycles. The minimum atomic E-state index is -2.92. The van der Waals surface area contributed by atoms with E-state index >= 15 is 0 Å². The summed E-state index contributed by atoms with van der Waals surface area (Å²) in [5.74, 6) is 1.57. The number of benzene rings is 1. The Balaban J connectivity index is 2.01. The number of guanidine groups is 1. The van der Waals surface area contributed by atoms with Crippen LogP contribution in [0.25, 0.3) is 0 Å². The number of hydrogen-bond acceptors (Lipinski definition) is 5. The summed E-state index contributed by atoms with van der Waals surface area (Å²) in [4.78, 5) is 6.85. The van der Waals surface area contributed by atoms with Crippen molar-refractivity contribution in [1.82, 2.24) is 15.5 Å². The van der Waals surface area contributed by atoms with Crippen molar-refractivity contribution in [2.45, 2.75) is 40.3 Å². The lowest BCUT2D eigenvalue weighted by atomic mass is 10.1. The Bertz CT molecular complexity index is 640. The number of ether oxygens (including phenoxy) is 3. The highest BCUT2D eigenvalue weighted by Crippen LogP contribution is 2.38. The van der Waals surface area contributed by atoms with Crippen LogP contribution in [0.3, 0.4) is 0 Å². The van der Waals surface area contributed by atoms with Gasteiger partial charge >= 0.3 is 6.61 Å². The fourth-order valence-electron chi connectivity index (χ4n) is 2.85. The molecule has 0 amide bonds. The van der Waals surface area contributed by atoms with Crippen molar-refractivity contribution < 1.29 is 23.0 Å². The Hall–Kier alpha value is -2.29. The summed E-state index contributed by atoms with van der Waals surface area (Å²) in [5, 5.41) is 6.44. The SMILES string of the molecule is CCNC(=NCc1cc2c(cc1OC(F)F)OCO2)NCCCN(CC)CC. The number of halogens is 2.